The van der Waals surface area contributed by atoms with E-state index in [1.54, 1.807) is 0 Å². The van der Waals surface area contributed by atoms with Gasteiger partial charge in [0.25, 0.3) is 0 Å². The van der Waals surface area contributed by atoms with Gasteiger partial charge in [0.1, 0.15) is 0 Å². The van der Waals surface area contributed by atoms with Crippen molar-refractivity contribution < 1.29 is 0 Å². The van der Waals surface area contributed by atoms with Crippen LogP contribution in [0, 0.1) is 5.92 Å². The molecule has 3 nitrogen and oxygen atoms in total. The Balaban J connectivity index is 1.94. The first kappa shape index (κ1) is 13.0. The highest BCUT2D eigenvalue weighted by Gasteiger charge is 2.22. The molecule has 1 aromatic rings. The highest BCUT2D eigenvalue weighted by Crippen LogP contribution is 2.21. The van der Waals surface area contributed by atoms with Crippen LogP contribution in [0.25, 0.3) is 0 Å². The van der Waals surface area contributed by atoms with Crippen LogP contribution in [0.5, 0.6) is 0 Å². The molecule has 0 bridgehead atoms. The Morgan fingerprint density at radius 1 is 1.59 bits per heavy atom. The van der Waals surface area contributed by atoms with Gasteiger partial charge >= 0.3 is 0 Å². The molecular formula is C13H20BrN3. The van der Waals surface area contributed by atoms with E-state index in [4.69, 9.17) is 5.73 Å². The SMILES string of the molecule is CC(N)C1CCCN(Cc2cncc(Br)c2)C1. The average molecular weight is 298 g/mol. The quantitative estimate of drug-likeness (QED) is 0.932. The summed E-state index contributed by atoms with van der Waals surface area (Å²) in [7, 11) is 0. The van der Waals surface area contributed by atoms with E-state index < -0.39 is 0 Å². The third-order valence-corrected chi connectivity index (χ3v) is 3.89. The van der Waals surface area contributed by atoms with Crippen molar-refractivity contribution in [1.29, 1.82) is 0 Å². The molecule has 94 valence electrons. The fourth-order valence-corrected chi connectivity index (χ4v) is 2.88. The molecule has 0 aliphatic carbocycles. The van der Waals surface area contributed by atoms with Gasteiger partial charge in [-0.1, -0.05) is 0 Å². The maximum atomic E-state index is 6.00. The van der Waals surface area contributed by atoms with E-state index in [1.807, 2.05) is 12.4 Å². The van der Waals surface area contributed by atoms with E-state index >= 15 is 0 Å². The molecule has 1 aromatic heterocycles. The highest BCUT2D eigenvalue weighted by molar-refractivity contribution is 9.10. The van der Waals surface area contributed by atoms with Gasteiger partial charge in [-0.3, -0.25) is 9.88 Å². The van der Waals surface area contributed by atoms with Crippen molar-refractivity contribution in [3.8, 4) is 0 Å². The third kappa shape index (κ3) is 3.76. The molecule has 2 N–H and O–H groups in total. The van der Waals surface area contributed by atoms with E-state index in [0.29, 0.717) is 12.0 Å². The van der Waals surface area contributed by atoms with E-state index in [2.05, 4.69) is 38.8 Å². The lowest BCUT2D eigenvalue weighted by Gasteiger charge is -2.34. The number of pyridine rings is 1. The number of likely N-dealkylation sites (tertiary alicyclic amines) is 1. The highest BCUT2D eigenvalue weighted by atomic mass is 79.9. The second-order valence-corrected chi connectivity index (χ2v) is 5.92. The van der Waals surface area contributed by atoms with E-state index in [0.717, 1.165) is 17.6 Å². The number of hydrogen-bond donors (Lipinski definition) is 1. The van der Waals surface area contributed by atoms with Crippen molar-refractivity contribution in [3.63, 3.8) is 0 Å². The smallest absolute Gasteiger partial charge is 0.0410 e. The Kier molecular flexibility index (Phi) is 4.54. The maximum Gasteiger partial charge on any atom is 0.0410 e. The molecule has 0 amide bonds. The summed E-state index contributed by atoms with van der Waals surface area (Å²) in [6.45, 7) is 5.39. The average Bonchev–Trinajstić information content (AvgIpc) is 2.29. The molecule has 0 radical (unpaired) electrons. The van der Waals surface area contributed by atoms with Crippen LogP contribution >= 0.6 is 15.9 Å². The van der Waals surface area contributed by atoms with Gasteiger partial charge in [0.2, 0.25) is 0 Å². The Morgan fingerprint density at radius 3 is 3.12 bits per heavy atom. The Bertz CT molecular complexity index is 367. The zero-order valence-corrected chi connectivity index (χ0v) is 11.9. The Labute approximate surface area is 112 Å². The summed E-state index contributed by atoms with van der Waals surface area (Å²) < 4.78 is 1.05. The first-order valence-electron chi connectivity index (χ1n) is 6.22. The van der Waals surface area contributed by atoms with E-state index in [-0.39, 0.29) is 0 Å². The lowest BCUT2D eigenvalue weighted by Crippen LogP contribution is -2.41. The zero-order chi connectivity index (χ0) is 12.3. The summed E-state index contributed by atoms with van der Waals surface area (Å²) in [5, 5.41) is 0. The van der Waals surface area contributed by atoms with Crippen LogP contribution < -0.4 is 5.73 Å². The lowest BCUT2D eigenvalue weighted by molar-refractivity contribution is 0.154. The number of piperidine rings is 1. The Morgan fingerprint density at radius 2 is 2.41 bits per heavy atom. The zero-order valence-electron chi connectivity index (χ0n) is 10.3. The summed E-state index contributed by atoms with van der Waals surface area (Å²) in [6, 6.07) is 2.45. The predicted octanol–water partition coefficient (Wildman–Crippen LogP) is 2.40. The van der Waals surface area contributed by atoms with Crippen molar-refractivity contribution >= 4 is 15.9 Å². The normalized spacial score (nSPS) is 23.6. The second kappa shape index (κ2) is 5.94. The summed E-state index contributed by atoms with van der Waals surface area (Å²) in [5.74, 6) is 0.642. The second-order valence-electron chi connectivity index (χ2n) is 5.01. The van der Waals surface area contributed by atoms with Crippen molar-refractivity contribution in [2.75, 3.05) is 13.1 Å². The topological polar surface area (TPSA) is 42.1 Å². The van der Waals surface area contributed by atoms with Crippen LogP contribution in [0.1, 0.15) is 25.3 Å². The van der Waals surface area contributed by atoms with Crippen LogP contribution in [0.15, 0.2) is 22.9 Å². The van der Waals surface area contributed by atoms with Crippen LogP contribution in [0.4, 0.5) is 0 Å². The van der Waals surface area contributed by atoms with Crippen LogP contribution in [-0.2, 0) is 6.54 Å². The minimum atomic E-state index is 0.304. The molecule has 0 spiro atoms. The van der Waals surface area contributed by atoms with Crippen molar-refractivity contribution in [1.82, 2.24) is 9.88 Å². The number of halogens is 1. The van der Waals surface area contributed by atoms with Crippen molar-refractivity contribution in [3.05, 3.63) is 28.5 Å². The molecule has 1 aliphatic rings. The van der Waals surface area contributed by atoms with Crippen LogP contribution in [0.3, 0.4) is 0 Å². The molecule has 4 heteroatoms. The number of hydrogen-bond acceptors (Lipinski definition) is 3. The monoisotopic (exact) mass is 297 g/mol. The largest absolute Gasteiger partial charge is 0.328 e. The van der Waals surface area contributed by atoms with Gasteiger partial charge in [0.15, 0.2) is 0 Å². The van der Waals surface area contributed by atoms with Gasteiger partial charge in [-0.25, -0.2) is 0 Å². The van der Waals surface area contributed by atoms with Crippen LogP contribution in [-0.4, -0.2) is 29.0 Å². The third-order valence-electron chi connectivity index (χ3n) is 3.45. The van der Waals surface area contributed by atoms with Gasteiger partial charge in [0.05, 0.1) is 0 Å². The van der Waals surface area contributed by atoms with Gasteiger partial charge in [-0.05, 0) is 59.8 Å². The molecule has 1 fully saturated rings. The number of rotatable bonds is 3. The van der Waals surface area contributed by atoms with Crippen molar-refractivity contribution in [2.24, 2.45) is 11.7 Å². The fourth-order valence-electron chi connectivity index (χ4n) is 2.46. The van der Waals surface area contributed by atoms with Gasteiger partial charge < -0.3 is 5.73 Å². The summed E-state index contributed by atoms with van der Waals surface area (Å²) >= 11 is 3.46. The summed E-state index contributed by atoms with van der Waals surface area (Å²) in [5.41, 5.74) is 7.27. The molecule has 2 unspecified atom stereocenters. The first-order chi connectivity index (χ1) is 8.15. The molecule has 1 aliphatic heterocycles. The summed E-state index contributed by atoms with van der Waals surface area (Å²) in [4.78, 5) is 6.69. The maximum absolute atomic E-state index is 6.00. The first-order valence-corrected chi connectivity index (χ1v) is 7.02. The molecule has 1 saturated heterocycles. The molecule has 0 saturated carbocycles. The van der Waals surface area contributed by atoms with E-state index in [9.17, 15) is 0 Å². The minimum Gasteiger partial charge on any atom is -0.328 e. The number of nitrogens with two attached hydrogens (primary N) is 1. The predicted molar refractivity (Wildman–Crippen MR) is 73.6 cm³/mol. The summed E-state index contributed by atoms with van der Waals surface area (Å²) in [6.07, 6.45) is 6.29. The minimum absolute atomic E-state index is 0.304. The molecule has 0 aromatic carbocycles. The Hall–Kier alpha value is -0.450. The molecule has 2 atom stereocenters. The molecule has 2 heterocycles. The number of aromatic nitrogens is 1. The van der Waals surface area contributed by atoms with Gasteiger partial charge in [-0.2, -0.15) is 0 Å². The number of nitrogens with zero attached hydrogens (tertiary/aromatic N) is 2. The molecule has 2 rings (SSSR count). The lowest BCUT2D eigenvalue weighted by atomic mass is 9.92. The molecule has 17 heavy (non-hydrogen) atoms. The fraction of sp³-hybridized carbons (Fsp3) is 0.615. The molecular weight excluding hydrogens is 278 g/mol. The van der Waals surface area contributed by atoms with Gasteiger partial charge in [-0.15, -0.1) is 0 Å². The van der Waals surface area contributed by atoms with Gasteiger partial charge in [0, 0.05) is 36.0 Å². The van der Waals surface area contributed by atoms with Crippen molar-refractivity contribution in [2.45, 2.75) is 32.4 Å². The van der Waals surface area contributed by atoms with E-state index in [1.165, 1.54) is 24.9 Å². The standard InChI is InChI=1S/C13H20BrN3/c1-10(15)12-3-2-4-17(9-12)8-11-5-13(14)7-16-6-11/h5-7,10,12H,2-4,8-9,15H2,1H3. The van der Waals surface area contributed by atoms with Crippen LogP contribution in [0.2, 0.25) is 0 Å².